The number of benzene rings is 2. The number of nitrogens with zero attached hydrogens (tertiary/aromatic N) is 1. The molecule has 0 aromatic heterocycles. The molecule has 0 saturated carbocycles. The summed E-state index contributed by atoms with van der Waals surface area (Å²) in [7, 11) is 0. The highest BCUT2D eigenvalue weighted by Gasteiger charge is 2.39. The average molecular weight is 319 g/mol. The normalized spacial score (nSPS) is 17.9. The van der Waals surface area contributed by atoms with Crippen LogP contribution in [0.4, 0.5) is 15.8 Å². The summed E-state index contributed by atoms with van der Waals surface area (Å²) in [4.78, 5) is 25.6. The van der Waals surface area contributed by atoms with Crippen LogP contribution in [0.1, 0.15) is 6.42 Å². The number of rotatable bonds is 3. The summed E-state index contributed by atoms with van der Waals surface area (Å²) >= 11 is 5.90. The lowest BCUT2D eigenvalue weighted by molar-refractivity contribution is -0.121. The number of nitrogens with one attached hydrogen (secondary N) is 1. The highest BCUT2D eigenvalue weighted by molar-refractivity contribution is 6.30. The largest absolute Gasteiger partial charge is 0.373 e. The minimum atomic E-state index is -0.656. The number of hydrogen-bond donors (Lipinski definition) is 1. The number of anilines is 2. The summed E-state index contributed by atoms with van der Waals surface area (Å²) in [5.74, 6) is -1.11. The van der Waals surface area contributed by atoms with Crippen molar-refractivity contribution in [3.63, 3.8) is 0 Å². The molecule has 1 aliphatic rings. The van der Waals surface area contributed by atoms with Gasteiger partial charge in [-0.3, -0.25) is 9.59 Å². The molecule has 0 bridgehead atoms. The number of hydrogen-bond acceptors (Lipinski definition) is 3. The molecule has 2 aromatic rings. The first kappa shape index (κ1) is 14.5. The molecular formula is C16H12ClFN2O2. The van der Waals surface area contributed by atoms with Crippen molar-refractivity contribution in [2.24, 2.45) is 0 Å². The third kappa shape index (κ3) is 2.80. The van der Waals surface area contributed by atoms with Crippen LogP contribution in [-0.2, 0) is 9.59 Å². The SMILES string of the molecule is O=C1CC(Nc2cccc(Cl)c2)C(=O)N1c1ccc(F)cc1. The fourth-order valence-electron chi connectivity index (χ4n) is 2.39. The van der Waals surface area contributed by atoms with E-state index in [2.05, 4.69) is 5.32 Å². The second-order valence-corrected chi connectivity index (χ2v) is 5.39. The Morgan fingerprint density at radius 3 is 2.55 bits per heavy atom. The zero-order chi connectivity index (χ0) is 15.7. The third-order valence-corrected chi connectivity index (χ3v) is 3.63. The van der Waals surface area contributed by atoms with Crippen LogP contribution in [0.2, 0.25) is 5.02 Å². The van der Waals surface area contributed by atoms with Crippen molar-refractivity contribution >= 4 is 34.8 Å². The molecular weight excluding hydrogens is 307 g/mol. The van der Waals surface area contributed by atoms with Crippen molar-refractivity contribution in [3.8, 4) is 0 Å². The lowest BCUT2D eigenvalue weighted by Gasteiger charge is -2.16. The van der Waals surface area contributed by atoms with Crippen molar-refractivity contribution in [3.05, 3.63) is 59.4 Å². The van der Waals surface area contributed by atoms with Gasteiger partial charge in [-0.05, 0) is 42.5 Å². The van der Waals surface area contributed by atoms with E-state index in [1.807, 2.05) is 0 Å². The van der Waals surface area contributed by atoms with E-state index in [0.29, 0.717) is 16.4 Å². The van der Waals surface area contributed by atoms with Crippen LogP contribution in [0.3, 0.4) is 0 Å². The van der Waals surface area contributed by atoms with Gasteiger partial charge >= 0.3 is 0 Å². The van der Waals surface area contributed by atoms with E-state index >= 15 is 0 Å². The van der Waals surface area contributed by atoms with Crippen molar-refractivity contribution in [2.45, 2.75) is 12.5 Å². The Balaban J connectivity index is 1.81. The fraction of sp³-hybridized carbons (Fsp3) is 0.125. The molecule has 2 aromatic carbocycles. The average Bonchev–Trinajstić information content (AvgIpc) is 2.75. The smallest absolute Gasteiger partial charge is 0.256 e. The maximum Gasteiger partial charge on any atom is 0.256 e. The van der Waals surface area contributed by atoms with E-state index in [1.165, 1.54) is 24.3 Å². The number of carbonyl (C=O) groups excluding carboxylic acids is 2. The molecule has 1 N–H and O–H groups in total. The maximum absolute atomic E-state index is 13.0. The molecule has 1 atom stereocenters. The minimum absolute atomic E-state index is 0.0444. The van der Waals surface area contributed by atoms with Crippen LogP contribution >= 0.6 is 11.6 Å². The van der Waals surface area contributed by atoms with Crippen LogP contribution in [0, 0.1) is 5.82 Å². The van der Waals surface area contributed by atoms with Crippen LogP contribution in [0.5, 0.6) is 0 Å². The van der Waals surface area contributed by atoms with Crippen LogP contribution < -0.4 is 10.2 Å². The van der Waals surface area contributed by atoms with Gasteiger partial charge in [0.2, 0.25) is 5.91 Å². The lowest BCUT2D eigenvalue weighted by atomic mass is 10.2. The molecule has 6 heteroatoms. The predicted octanol–water partition coefficient (Wildman–Crippen LogP) is 3.22. The second kappa shape index (κ2) is 5.77. The van der Waals surface area contributed by atoms with Crippen molar-refractivity contribution < 1.29 is 14.0 Å². The molecule has 1 fully saturated rings. The molecule has 0 radical (unpaired) electrons. The first-order valence-corrected chi connectivity index (χ1v) is 7.07. The molecule has 1 saturated heterocycles. The van der Waals surface area contributed by atoms with Crippen LogP contribution in [0.15, 0.2) is 48.5 Å². The third-order valence-electron chi connectivity index (χ3n) is 3.40. The number of carbonyl (C=O) groups is 2. The van der Waals surface area contributed by atoms with Gasteiger partial charge in [0.05, 0.1) is 12.1 Å². The Morgan fingerprint density at radius 2 is 1.86 bits per heavy atom. The standard InChI is InChI=1S/C16H12ClFN2O2/c17-10-2-1-3-12(8-10)19-14-9-15(21)20(16(14)22)13-6-4-11(18)5-7-13/h1-8,14,19H,9H2. The van der Waals surface area contributed by atoms with E-state index in [4.69, 9.17) is 11.6 Å². The van der Waals surface area contributed by atoms with Gasteiger partial charge in [-0.25, -0.2) is 9.29 Å². The van der Waals surface area contributed by atoms with E-state index in [0.717, 1.165) is 4.90 Å². The summed E-state index contributed by atoms with van der Waals surface area (Å²) in [6.07, 6.45) is 0.0444. The lowest BCUT2D eigenvalue weighted by Crippen LogP contribution is -2.34. The summed E-state index contributed by atoms with van der Waals surface area (Å²) in [5, 5.41) is 3.54. The van der Waals surface area contributed by atoms with E-state index in [-0.39, 0.29) is 18.2 Å². The van der Waals surface area contributed by atoms with E-state index in [9.17, 15) is 14.0 Å². The van der Waals surface area contributed by atoms with Crippen LogP contribution in [-0.4, -0.2) is 17.9 Å². The molecule has 1 aliphatic heterocycles. The summed E-state index contributed by atoms with van der Waals surface area (Å²) < 4.78 is 13.0. The quantitative estimate of drug-likeness (QED) is 0.884. The van der Waals surface area contributed by atoms with E-state index in [1.54, 1.807) is 24.3 Å². The Kier molecular flexibility index (Phi) is 3.81. The second-order valence-electron chi connectivity index (χ2n) is 4.96. The van der Waals surface area contributed by atoms with Crippen molar-refractivity contribution in [1.29, 1.82) is 0 Å². The van der Waals surface area contributed by atoms with E-state index < -0.39 is 11.9 Å². The first-order valence-electron chi connectivity index (χ1n) is 6.69. The molecule has 3 rings (SSSR count). The Morgan fingerprint density at radius 1 is 1.14 bits per heavy atom. The Hall–Kier alpha value is -2.40. The molecule has 4 nitrogen and oxygen atoms in total. The van der Waals surface area contributed by atoms with Gasteiger partial charge in [-0.1, -0.05) is 17.7 Å². The van der Waals surface area contributed by atoms with Gasteiger partial charge in [0.15, 0.2) is 0 Å². The van der Waals surface area contributed by atoms with Gasteiger partial charge in [-0.2, -0.15) is 0 Å². The van der Waals surface area contributed by atoms with Gasteiger partial charge in [-0.15, -0.1) is 0 Å². The molecule has 2 amide bonds. The number of halogens is 2. The highest BCUT2D eigenvalue weighted by Crippen LogP contribution is 2.25. The molecule has 112 valence electrons. The van der Waals surface area contributed by atoms with Gasteiger partial charge < -0.3 is 5.32 Å². The monoisotopic (exact) mass is 318 g/mol. The molecule has 1 heterocycles. The highest BCUT2D eigenvalue weighted by atomic mass is 35.5. The topological polar surface area (TPSA) is 49.4 Å². The Labute approximate surface area is 131 Å². The van der Waals surface area contributed by atoms with Crippen LogP contribution in [0.25, 0.3) is 0 Å². The van der Waals surface area contributed by atoms with Gasteiger partial charge in [0.25, 0.3) is 5.91 Å². The maximum atomic E-state index is 13.0. The minimum Gasteiger partial charge on any atom is -0.373 e. The molecule has 0 aliphatic carbocycles. The summed E-state index contributed by atoms with van der Waals surface area (Å²) in [5.41, 5.74) is 1.03. The Bertz CT molecular complexity index is 733. The molecule has 0 spiro atoms. The zero-order valence-electron chi connectivity index (χ0n) is 11.4. The number of amides is 2. The fourth-order valence-corrected chi connectivity index (χ4v) is 2.58. The summed E-state index contributed by atoms with van der Waals surface area (Å²) in [6, 6.07) is 11.5. The molecule has 22 heavy (non-hydrogen) atoms. The van der Waals surface area contributed by atoms with Crippen molar-refractivity contribution in [2.75, 3.05) is 10.2 Å². The first-order chi connectivity index (χ1) is 10.5. The van der Waals surface area contributed by atoms with Crippen molar-refractivity contribution in [1.82, 2.24) is 0 Å². The predicted molar refractivity (Wildman–Crippen MR) is 82.4 cm³/mol. The zero-order valence-corrected chi connectivity index (χ0v) is 12.2. The summed E-state index contributed by atoms with van der Waals surface area (Å²) in [6.45, 7) is 0. The van der Waals surface area contributed by atoms with Gasteiger partial charge in [0.1, 0.15) is 11.9 Å². The van der Waals surface area contributed by atoms with Gasteiger partial charge in [0, 0.05) is 10.7 Å². The number of imide groups is 1. The molecule has 1 unspecified atom stereocenters.